The fourth-order valence-corrected chi connectivity index (χ4v) is 2.76. The molecule has 1 aromatic rings. The third-order valence-corrected chi connectivity index (χ3v) is 4.14. The molecule has 1 aliphatic carbocycles. The van der Waals surface area contributed by atoms with Crippen molar-refractivity contribution in [1.29, 1.82) is 0 Å². The lowest BCUT2D eigenvalue weighted by Gasteiger charge is -2.22. The quantitative estimate of drug-likeness (QED) is 0.619. The lowest BCUT2D eigenvalue weighted by molar-refractivity contribution is -0.147. The van der Waals surface area contributed by atoms with Crippen molar-refractivity contribution in [2.45, 2.75) is 38.1 Å². The molecule has 4 amide bonds. The highest BCUT2D eigenvalue weighted by Crippen LogP contribution is 2.17. The third-order valence-electron chi connectivity index (χ3n) is 3.91. The van der Waals surface area contributed by atoms with Gasteiger partial charge in [-0.15, -0.1) is 0 Å². The van der Waals surface area contributed by atoms with E-state index in [1.807, 2.05) is 0 Å². The first-order valence-corrected chi connectivity index (χ1v) is 8.97. The van der Waals surface area contributed by atoms with Gasteiger partial charge >= 0.3 is 12.0 Å². The second-order valence-electron chi connectivity index (χ2n) is 6.06. The van der Waals surface area contributed by atoms with E-state index in [0.29, 0.717) is 5.02 Å². The molecule has 1 aromatic heterocycles. The van der Waals surface area contributed by atoms with Crippen LogP contribution in [0.15, 0.2) is 18.3 Å². The summed E-state index contributed by atoms with van der Waals surface area (Å²) in [7, 11) is 0. The Morgan fingerprint density at radius 3 is 2.63 bits per heavy atom. The predicted octanol–water partition coefficient (Wildman–Crippen LogP) is 1.17. The molecule has 27 heavy (non-hydrogen) atoms. The molecule has 0 saturated heterocycles. The van der Waals surface area contributed by atoms with Gasteiger partial charge in [-0.25, -0.2) is 4.79 Å². The Hall–Kier alpha value is -2.68. The van der Waals surface area contributed by atoms with Crippen LogP contribution in [0.2, 0.25) is 5.02 Å². The topological polar surface area (TPSA) is 126 Å². The first kappa shape index (κ1) is 20.6. The predicted molar refractivity (Wildman–Crippen MR) is 96.1 cm³/mol. The second-order valence-corrected chi connectivity index (χ2v) is 6.50. The standard InChI is InChI=1S/C17H21ClN4O5/c18-11-6-7-19-13(8-11)16(25)20-9-15(24)27-10-14(23)22-17(26)21-12-4-2-1-3-5-12/h6-8,12H,1-5,9-10H2,(H,20,25)(H2,21,22,23,26). The number of nitrogens with zero attached hydrogens (tertiary/aromatic N) is 1. The number of rotatable bonds is 6. The summed E-state index contributed by atoms with van der Waals surface area (Å²) in [5, 5.41) is 7.45. The van der Waals surface area contributed by atoms with Gasteiger partial charge in [-0.05, 0) is 25.0 Å². The van der Waals surface area contributed by atoms with Gasteiger partial charge < -0.3 is 15.4 Å². The van der Waals surface area contributed by atoms with E-state index in [9.17, 15) is 19.2 Å². The molecule has 1 aliphatic rings. The van der Waals surface area contributed by atoms with Crippen LogP contribution in [0.1, 0.15) is 42.6 Å². The Morgan fingerprint density at radius 2 is 1.93 bits per heavy atom. The van der Waals surface area contributed by atoms with E-state index in [0.717, 1.165) is 32.1 Å². The molecule has 0 unspecified atom stereocenters. The zero-order chi connectivity index (χ0) is 19.6. The summed E-state index contributed by atoms with van der Waals surface area (Å²) < 4.78 is 4.71. The van der Waals surface area contributed by atoms with Crippen LogP contribution in [-0.4, -0.2) is 48.0 Å². The zero-order valence-corrected chi connectivity index (χ0v) is 15.4. The van der Waals surface area contributed by atoms with Gasteiger partial charge in [0.25, 0.3) is 11.8 Å². The largest absolute Gasteiger partial charge is 0.454 e. The van der Waals surface area contributed by atoms with Crippen LogP contribution in [-0.2, 0) is 14.3 Å². The number of pyridine rings is 1. The summed E-state index contributed by atoms with van der Waals surface area (Å²) in [5.74, 6) is -2.18. The minimum atomic E-state index is -0.826. The normalized spacial score (nSPS) is 14.1. The van der Waals surface area contributed by atoms with Gasteiger partial charge in [0, 0.05) is 17.3 Å². The highest BCUT2D eigenvalue weighted by atomic mass is 35.5. The molecule has 0 spiro atoms. The fraction of sp³-hybridized carbons (Fsp3) is 0.471. The van der Waals surface area contributed by atoms with E-state index in [2.05, 4.69) is 20.9 Å². The van der Waals surface area contributed by atoms with Crippen molar-refractivity contribution in [2.24, 2.45) is 0 Å². The molecule has 0 aliphatic heterocycles. The maximum absolute atomic E-state index is 11.8. The second kappa shape index (κ2) is 10.5. The van der Waals surface area contributed by atoms with Crippen LogP contribution in [0, 0.1) is 0 Å². The molecule has 3 N–H and O–H groups in total. The molecule has 10 heteroatoms. The van der Waals surface area contributed by atoms with Gasteiger partial charge in [-0.1, -0.05) is 30.9 Å². The first-order valence-electron chi connectivity index (χ1n) is 8.60. The Morgan fingerprint density at radius 1 is 1.19 bits per heavy atom. The Kier molecular flexibility index (Phi) is 8.00. The molecule has 146 valence electrons. The Balaban J connectivity index is 1.63. The third kappa shape index (κ3) is 7.61. The molecule has 1 fully saturated rings. The minimum absolute atomic E-state index is 0.0485. The zero-order valence-electron chi connectivity index (χ0n) is 14.6. The smallest absolute Gasteiger partial charge is 0.325 e. The SMILES string of the molecule is O=C(COC(=O)CNC(=O)c1cc(Cl)ccn1)NC(=O)NC1CCCCC1. The molecule has 0 aromatic carbocycles. The number of nitrogens with one attached hydrogen (secondary N) is 3. The number of carbonyl (C=O) groups is 4. The molecule has 0 atom stereocenters. The van der Waals surface area contributed by atoms with Crippen molar-refractivity contribution in [3.05, 3.63) is 29.0 Å². The maximum Gasteiger partial charge on any atom is 0.325 e. The fourth-order valence-electron chi connectivity index (χ4n) is 2.60. The summed E-state index contributed by atoms with van der Waals surface area (Å²) in [6.45, 7) is -1.07. The van der Waals surface area contributed by atoms with E-state index >= 15 is 0 Å². The number of halogens is 1. The van der Waals surface area contributed by atoms with Gasteiger partial charge in [-0.3, -0.25) is 24.7 Å². The van der Waals surface area contributed by atoms with Crippen molar-refractivity contribution in [2.75, 3.05) is 13.2 Å². The molecule has 0 radical (unpaired) electrons. The summed E-state index contributed by atoms with van der Waals surface area (Å²) in [6.07, 6.45) is 6.38. The first-order chi connectivity index (χ1) is 12.9. The number of hydrogen-bond donors (Lipinski definition) is 3. The van der Waals surface area contributed by atoms with Gasteiger partial charge in [0.05, 0.1) is 0 Å². The number of urea groups is 1. The van der Waals surface area contributed by atoms with E-state index in [4.69, 9.17) is 16.3 Å². The summed E-state index contributed by atoms with van der Waals surface area (Å²) >= 11 is 5.75. The molecular formula is C17H21ClN4O5. The molecular weight excluding hydrogens is 376 g/mol. The monoisotopic (exact) mass is 396 g/mol. The lowest BCUT2D eigenvalue weighted by atomic mass is 9.96. The molecule has 9 nitrogen and oxygen atoms in total. The van der Waals surface area contributed by atoms with Gasteiger partial charge in [-0.2, -0.15) is 0 Å². The van der Waals surface area contributed by atoms with Crippen LogP contribution >= 0.6 is 11.6 Å². The van der Waals surface area contributed by atoms with Gasteiger partial charge in [0.15, 0.2) is 6.61 Å². The van der Waals surface area contributed by atoms with Gasteiger partial charge in [0.1, 0.15) is 12.2 Å². The van der Waals surface area contributed by atoms with Gasteiger partial charge in [0.2, 0.25) is 0 Å². The van der Waals surface area contributed by atoms with E-state index in [-0.39, 0.29) is 11.7 Å². The number of carbonyl (C=O) groups excluding carboxylic acids is 4. The van der Waals surface area contributed by atoms with Crippen LogP contribution in [0.25, 0.3) is 0 Å². The summed E-state index contributed by atoms with van der Waals surface area (Å²) in [5.41, 5.74) is 0.0485. The number of ether oxygens (including phenoxy) is 1. The highest BCUT2D eigenvalue weighted by molar-refractivity contribution is 6.30. The van der Waals surface area contributed by atoms with Crippen LogP contribution in [0.3, 0.4) is 0 Å². The molecule has 1 heterocycles. The average Bonchev–Trinajstić information content (AvgIpc) is 2.65. The van der Waals surface area contributed by atoms with Crippen molar-refractivity contribution in [3.8, 4) is 0 Å². The van der Waals surface area contributed by atoms with Crippen LogP contribution in [0.4, 0.5) is 4.79 Å². The number of esters is 1. The highest BCUT2D eigenvalue weighted by Gasteiger charge is 2.18. The summed E-state index contributed by atoms with van der Waals surface area (Å²) in [4.78, 5) is 50.5. The lowest BCUT2D eigenvalue weighted by Crippen LogP contribution is -2.46. The van der Waals surface area contributed by atoms with Crippen molar-refractivity contribution in [1.82, 2.24) is 20.9 Å². The van der Waals surface area contributed by atoms with E-state index < -0.39 is 37.0 Å². The number of aromatic nitrogens is 1. The molecule has 0 bridgehead atoms. The van der Waals surface area contributed by atoms with Crippen LogP contribution in [0.5, 0.6) is 0 Å². The van der Waals surface area contributed by atoms with E-state index in [1.54, 1.807) is 0 Å². The Bertz CT molecular complexity index is 706. The number of amides is 4. The van der Waals surface area contributed by atoms with Crippen molar-refractivity contribution in [3.63, 3.8) is 0 Å². The van der Waals surface area contributed by atoms with Crippen molar-refractivity contribution < 1.29 is 23.9 Å². The Labute approximate surface area is 161 Å². The summed E-state index contributed by atoms with van der Waals surface area (Å²) in [6, 6.07) is 2.31. The number of hydrogen-bond acceptors (Lipinski definition) is 6. The minimum Gasteiger partial charge on any atom is -0.454 e. The maximum atomic E-state index is 11.8. The molecule has 1 saturated carbocycles. The van der Waals surface area contributed by atoms with E-state index in [1.165, 1.54) is 18.3 Å². The van der Waals surface area contributed by atoms with Crippen molar-refractivity contribution >= 4 is 35.4 Å². The average molecular weight is 397 g/mol. The van der Waals surface area contributed by atoms with Crippen LogP contribution < -0.4 is 16.0 Å². The molecule has 2 rings (SSSR count). The number of imide groups is 1.